The number of esters is 1. The van der Waals surface area contributed by atoms with Crippen LogP contribution in [0.4, 0.5) is 5.69 Å². The van der Waals surface area contributed by atoms with Gasteiger partial charge in [-0.05, 0) is 55.0 Å². The summed E-state index contributed by atoms with van der Waals surface area (Å²) in [5.74, 6) is -1.24. The van der Waals surface area contributed by atoms with Crippen LogP contribution in [0, 0.1) is 6.92 Å². The van der Waals surface area contributed by atoms with E-state index in [1.165, 1.54) is 18.2 Å². The highest BCUT2D eigenvalue weighted by Crippen LogP contribution is 2.19. The molecule has 5 nitrogen and oxygen atoms in total. The maximum Gasteiger partial charge on any atom is 0.343 e. The van der Waals surface area contributed by atoms with Crippen LogP contribution in [-0.4, -0.2) is 17.0 Å². The van der Waals surface area contributed by atoms with Crippen molar-refractivity contribution in [3.63, 3.8) is 0 Å². The fourth-order valence-electron chi connectivity index (χ4n) is 1.72. The van der Waals surface area contributed by atoms with Crippen LogP contribution in [0.1, 0.15) is 26.3 Å². The van der Waals surface area contributed by atoms with E-state index in [4.69, 9.17) is 15.6 Å². The molecule has 0 aliphatic rings. The molecule has 0 spiro atoms. The number of benzene rings is 2. The minimum Gasteiger partial charge on any atom is -0.478 e. The molecule has 2 rings (SSSR count). The van der Waals surface area contributed by atoms with E-state index in [1.807, 2.05) is 0 Å². The topological polar surface area (TPSA) is 89.6 Å². The average molecular weight is 271 g/mol. The lowest BCUT2D eigenvalue weighted by Crippen LogP contribution is -2.09. The van der Waals surface area contributed by atoms with Crippen LogP contribution in [0.15, 0.2) is 42.5 Å². The van der Waals surface area contributed by atoms with Crippen molar-refractivity contribution in [1.29, 1.82) is 0 Å². The maximum atomic E-state index is 11.9. The zero-order chi connectivity index (χ0) is 14.7. The molecule has 0 saturated heterocycles. The van der Waals surface area contributed by atoms with Gasteiger partial charge in [0.15, 0.2) is 0 Å². The Morgan fingerprint density at radius 2 is 1.75 bits per heavy atom. The number of ether oxygens (including phenoxy) is 1. The summed E-state index contributed by atoms with van der Waals surface area (Å²) < 4.78 is 5.18. The molecule has 0 heterocycles. The molecule has 0 aliphatic heterocycles. The highest BCUT2D eigenvalue weighted by molar-refractivity contribution is 5.92. The molecule has 0 saturated carbocycles. The minimum atomic E-state index is -1.01. The van der Waals surface area contributed by atoms with Crippen LogP contribution in [0.3, 0.4) is 0 Å². The van der Waals surface area contributed by atoms with Gasteiger partial charge < -0.3 is 15.6 Å². The van der Waals surface area contributed by atoms with Gasteiger partial charge in [0.25, 0.3) is 0 Å². The highest BCUT2D eigenvalue weighted by atomic mass is 16.5. The molecule has 0 atom stereocenters. The SMILES string of the molecule is Cc1cc(OC(=O)c2ccc(N)cc2)ccc1C(=O)O. The summed E-state index contributed by atoms with van der Waals surface area (Å²) in [5, 5.41) is 8.92. The molecule has 0 fully saturated rings. The van der Waals surface area contributed by atoms with Crippen LogP contribution >= 0.6 is 0 Å². The number of carbonyl (C=O) groups is 2. The normalized spacial score (nSPS) is 10.1. The predicted octanol–water partition coefficient (Wildman–Crippen LogP) is 2.49. The first kappa shape index (κ1) is 13.6. The van der Waals surface area contributed by atoms with Crippen molar-refractivity contribution in [3.05, 3.63) is 59.2 Å². The number of rotatable bonds is 3. The third kappa shape index (κ3) is 2.95. The van der Waals surface area contributed by atoms with E-state index in [9.17, 15) is 9.59 Å². The van der Waals surface area contributed by atoms with Crippen molar-refractivity contribution in [2.45, 2.75) is 6.92 Å². The lowest BCUT2D eigenvalue weighted by molar-refractivity contribution is 0.0695. The molecule has 20 heavy (non-hydrogen) atoms. The van der Waals surface area contributed by atoms with Crippen molar-refractivity contribution in [1.82, 2.24) is 0 Å². The second kappa shape index (κ2) is 5.44. The van der Waals surface area contributed by atoms with Gasteiger partial charge in [0.05, 0.1) is 11.1 Å². The second-order valence-corrected chi connectivity index (χ2v) is 4.29. The van der Waals surface area contributed by atoms with E-state index >= 15 is 0 Å². The maximum absolute atomic E-state index is 11.9. The molecular weight excluding hydrogens is 258 g/mol. The molecule has 3 N–H and O–H groups in total. The Balaban J connectivity index is 2.18. The third-order valence-corrected chi connectivity index (χ3v) is 2.79. The predicted molar refractivity (Wildman–Crippen MR) is 74.0 cm³/mol. The molecule has 0 amide bonds. The first-order valence-corrected chi connectivity index (χ1v) is 5.89. The highest BCUT2D eigenvalue weighted by Gasteiger charge is 2.11. The molecule has 0 aliphatic carbocycles. The summed E-state index contributed by atoms with van der Waals surface area (Å²) in [6, 6.07) is 10.7. The van der Waals surface area contributed by atoms with Gasteiger partial charge >= 0.3 is 11.9 Å². The fourth-order valence-corrected chi connectivity index (χ4v) is 1.72. The molecule has 0 unspecified atom stereocenters. The minimum absolute atomic E-state index is 0.178. The number of nitrogen functional groups attached to an aromatic ring is 1. The van der Waals surface area contributed by atoms with Gasteiger partial charge in [-0.2, -0.15) is 0 Å². The number of aromatic carboxylic acids is 1. The van der Waals surface area contributed by atoms with Crippen molar-refractivity contribution in [2.75, 3.05) is 5.73 Å². The van der Waals surface area contributed by atoms with Gasteiger partial charge in [0, 0.05) is 5.69 Å². The monoisotopic (exact) mass is 271 g/mol. The number of carboxylic acid groups (broad SMARTS) is 1. The van der Waals surface area contributed by atoms with E-state index in [2.05, 4.69) is 0 Å². The zero-order valence-corrected chi connectivity index (χ0v) is 10.8. The number of hydrogen-bond donors (Lipinski definition) is 2. The third-order valence-electron chi connectivity index (χ3n) is 2.79. The molecule has 5 heteroatoms. The molecule has 0 aromatic heterocycles. The Bertz CT molecular complexity index is 662. The number of aryl methyl sites for hydroxylation is 1. The number of carbonyl (C=O) groups excluding carboxylic acids is 1. The molecular formula is C15H13NO4. The van der Waals surface area contributed by atoms with Crippen molar-refractivity contribution < 1.29 is 19.4 Å². The largest absolute Gasteiger partial charge is 0.478 e. The standard InChI is InChI=1S/C15H13NO4/c1-9-8-12(6-7-13(9)14(17)18)20-15(19)10-2-4-11(16)5-3-10/h2-8H,16H2,1H3,(H,17,18). The summed E-state index contributed by atoms with van der Waals surface area (Å²) in [6.07, 6.45) is 0. The molecule has 102 valence electrons. The summed E-state index contributed by atoms with van der Waals surface area (Å²) in [7, 11) is 0. The number of anilines is 1. The van der Waals surface area contributed by atoms with Gasteiger partial charge in [0.1, 0.15) is 5.75 Å². The molecule has 0 bridgehead atoms. The quantitative estimate of drug-likeness (QED) is 0.508. The Morgan fingerprint density at radius 1 is 1.10 bits per heavy atom. The van der Waals surface area contributed by atoms with Gasteiger partial charge in [-0.3, -0.25) is 0 Å². The zero-order valence-electron chi connectivity index (χ0n) is 10.8. The molecule has 2 aromatic carbocycles. The van der Waals surface area contributed by atoms with E-state index in [-0.39, 0.29) is 5.56 Å². The summed E-state index contributed by atoms with van der Waals surface area (Å²) >= 11 is 0. The lowest BCUT2D eigenvalue weighted by atomic mass is 10.1. The first-order chi connectivity index (χ1) is 9.47. The molecule has 0 radical (unpaired) electrons. The van der Waals surface area contributed by atoms with Crippen molar-refractivity contribution in [2.24, 2.45) is 0 Å². The Labute approximate surface area is 115 Å². The Morgan fingerprint density at radius 3 is 2.30 bits per heavy atom. The van der Waals surface area contributed by atoms with Crippen LogP contribution in [0.25, 0.3) is 0 Å². The van der Waals surface area contributed by atoms with Gasteiger partial charge in [-0.15, -0.1) is 0 Å². The second-order valence-electron chi connectivity index (χ2n) is 4.29. The van der Waals surface area contributed by atoms with Gasteiger partial charge in [-0.25, -0.2) is 9.59 Å². The summed E-state index contributed by atoms with van der Waals surface area (Å²) in [5.41, 5.74) is 7.18. The van der Waals surface area contributed by atoms with Crippen LogP contribution < -0.4 is 10.5 Å². The summed E-state index contributed by atoms with van der Waals surface area (Å²) in [4.78, 5) is 22.8. The van der Waals surface area contributed by atoms with Gasteiger partial charge in [0.2, 0.25) is 0 Å². The first-order valence-electron chi connectivity index (χ1n) is 5.89. The summed E-state index contributed by atoms with van der Waals surface area (Å²) in [6.45, 7) is 1.64. The van der Waals surface area contributed by atoms with E-state index in [1.54, 1.807) is 31.2 Å². The van der Waals surface area contributed by atoms with Crippen LogP contribution in [0.5, 0.6) is 5.75 Å². The van der Waals surface area contributed by atoms with Crippen LogP contribution in [-0.2, 0) is 0 Å². The number of nitrogens with two attached hydrogens (primary N) is 1. The Kier molecular flexibility index (Phi) is 3.70. The van der Waals surface area contributed by atoms with Crippen LogP contribution in [0.2, 0.25) is 0 Å². The average Bonchev–Trinajstić information content (AvgIpc) is 2.39. The van der Waals surface area contributed by atoms with E-state index in [0.717, 1.165) is 0 Å². The van der Waals surface area contributed by atoms with E-state index in [0.29, 0.717) is 22.6 Å². The number of hydrogen-bond acceptors (Lipinski definition) is 4. The van der Waals surface area contributed by atoms with Gasteiger partial charge in [-0.1, -0.05) is 0 Å². The smallest absolute Gasteiger partial charge is 0.343 e. The Hall–Kier alpha value is -2.82. The fraction of sp³-hybridized carbons (Fsp3) is 0.0667. The van der Waals surface area contributed by atoms with Crippen molar-refractivity contribution >= 4 is 17.6 Å². The number of carboxylic acids is 1. The molecule has 2 aromatic rings. The van der Waals surface area contributed by atoms with Crippen molar-refractivity contribution in [3.8, 4) is 5.75 Å². The van der Waals surface area contributed by atoms with E-state index < -0.39 is 11.9 Å². The lowest BCUT2D eigenvalue weighted by Gasteiger charge is -2.07.